The molecule has 0 atom stereocenters. The Bertz CT molecular complexity index is 935. The van der Waals surface area contributed by atoms with E-state index in [9.17, 15) is 0 Å². The van der Waals surface area contributed by atoms with Crippen LogP contribution < -0.4 is 5.73 Å². The van der Waals surface area contributed by atoms with Crippen molar-refractivity contribution in [3.8, 4) is 11.3 Å². The number of nitrogens with two attached hydrogens (primary N) is 1. The highest BCUT2D eigenvalue weighted by molar-refractivity contribution is 6.32. The van der Waals surface area contributed by atoms with Crippen LogP contribution in [0.15, 0.2) is 12.4 Å². The molecule has 7 heteroatoms. The monoisotopic (exact) mass is 500 g/mol. The molecular formula is C28H45ClN6. The smallest absolute Gasteiger partial charge is 0.148 e. The van der Waals surface area contributed by atoms with Gasteiger partial charge in [0.25, 0.3) is 0 Å². The Kier molecular flexibility index (Phi) is 9.23. The maximum atomic E-state index is 7.01. The second kappa shape index (κ2) is 12.2. The molecule has 0 bridgehead atoms. The topological polar surface area (TPSA) is 72.9 Å². The molecule has 0 unspecified atom stereocenters. The van der Waals surface area contributed by atoms with Crippen LogP contribution in [0.3, 0.4) is 0 Å². The molecule has 2 heterocycles. The molecule has 0 amide bonds. The first-order valence-electron chi connectivity index (χ1n) is 14.0. The molecule has 2 aliphatic carbocycles. The van der Waals surface area contributed by atoms with Crippen molar-refractivity contribution in [2.24, 2.45) is 18.7 Å². The van der Waals surface area contributed by atoms with Gasteiger partial charge in [0, 0.05) is 30.5 Å². The Morgan fingerprint density at radius 3 is 2.29 bits per heavy atom. The van der Waals surface area contributed by atoms with Crippen molar-refractivity contribution in [2.75, 3.05) is 13.1 Å². The van der Waals surface area contributed by atoms with Gasteiger partial charge in [-0.3, -0.25) is 4.68 Å². The quantitative estimate of drug-likeness (QED) is 0.328. The summed E-state index contributed by atoms with van der Waals surface area (Å²) in [7, 11) is 2.01. The van der Waals surface area contributed by atoms with Crippen LogP contribution >= 0.6 is 11.6 Å². The van der Waals surface area contributed by atoms with Gasteiger partial charge in [-0.1, -0.05) is 51.1 Å². The maximum Gasteiger partial charge on any atom is 0.148 e. The van der Waals surface area contributed by atoms with Crippen LogP contribution in [0.2, 0.25) is 5.02 Å². The van der Waals surface area contributed by atoms with Gasteiger partial charge in [0.2, 0.25) is 0 Å². The normalized spacial score (nSPS) is 22.7. The highest BCUT2D eigenvalue weighted by atomic mass is 35.5. The summed E-state index contributed by atoms with van der Waals surface area (Å²) in [6.07, 6.45) is 19.1. The van der Waals surface area contributed by atoms with Gasteiger partial charge in [-0.25, -0.2) is 9.97 Å². The lowest BCUT2D eigenvalue weighted by molar-refractivity contribution is 0.117. The zero-order chi connectivity index (χ0) is 24.8. The molecule has 0 aliphatic heterocycles. The number of nitrogens with zero attached hydrogens (tertiary/aromatic N) is 5. The lowest BCUT2D eigenvalue weighted by atomic mass is 9.78. The van der Waals surface area contributed by atoms with Crippen LogP contribution in [0.25, 0.3) is 11.3 Å². The summed E-state index contributed by atoms with van der Waals surface area (Å²) in [6.45, 7) is 7.00. The van der Waals surface area contributed by atoms with Crippen LogP contribution in [0, 0.1) is 5.92 Å². The molecule has 2 N–H and O–H groups in total. The van der Waals surface area contributed by atoms with Crippen molar-refractivity contribution >= 4 is 11.6 Å². The van der Waals surface area contributed by atoms with E-state index < -0.39 is 5.54 Å². The Balaban J connectivity index is 1.47. The molecule has 0 radical (unpaired) electrons. The van der Waals surface area contributed by atoms with E-state index >= 15 is 0 Å². The maximum absolute atomic E-state index is 7.01. The van der Waals surface area contributed by atoms with Crippen LogP contribution in [0.5, 0.6) is 0 Å². The molecule has 35 heavy (non-hydrogen) atoms. The highest BCUT2D eigenvalue weighted by Crippen LogP contribution is 2.39. The lowest BCUT2D eigenvalue weighted by Crippen LogP contribution is -2.48. The van der Waals surface area contributed by atoms with Crippen LogP contribution in [-0.2, 0) is 19.0 Å². The molecule has 2 aromatic heterocycles. The third-order valence-corrected chi connectivity index (χ3v) is 8.42. The fraction of sp³-hybridized carbons (Fsp3) is 0.750. The van der Waals surface area contributed by atoms with E-state index in [4.69, 9.17) is 22.3 Å². The first-order valence-corrected chi connectivity index (χ1v) is 14.4. The van der Waals surface area contributed by atoms with E-state index in [-0.39, 0.29) is 0 Å². The van der Waals surface area contributed by atoms with Gasteiger partial charge < -0.3 is 10.6 Å². The van der Waals surface area contributed by atoms with Gasteiger partial charge in [-0.15, -0.1) is 0 Å². The molecule has 0 aromatic carbocycles. The van der Waals surface area contributed by atoms with Crippen molar-refractivity contribution < 1.29 is 0 Å². The van der Waals surface area contributed by atoms with E-state index in [1.807, 2.05) is 17.9 Å². The predicted molar refractivity (Wildman–Crippen MR) is 144 cm³/mol. The molecule has 194 valence electrons. The third-order valence-electron chi connectivity index (χ3n) is 8.15. The lowest BCUT2D eigenvalue weighted by Gasteiger charge is -2.41. The summed E-state index contributed by atoms with van der Waals surface area (Å²) >= 11 is 6.62. The second-order valence-electron chi connectivity index (χ2n) is 11.0. The van der Waals surface area contributed by atoms with Crippen LogP contribution in [-0.4, -0.2) is 43.8 Å². The fourth-order valence-electron chi connectivity index (χ4n) is 5.61. The van der Waals surface area contributed by atoms with E-state index in [1.54, 1.807) is 6.20 Å². The van der Waals surface area contributed by atoms with Crippen molar-refractivity contribution in [1.82, 2.24) is 24.6 Å². The average Bonchev–Trinajstić information content (AvgIpc) is 3.61. The number of halogens is 1. The molecule has 2 saturated carbocycles. The molecule has 2 aromatic rings. The predicted octanol–water partition coefficient (Wildman–Crippen LogP) is 6.26. The van der Waals surface area contributed by atoms with Gasteiger partial charge in [-0.2, -0.15) is 5.10 Å². The largest absolute Gasteiger partial charge is 0.319 e. The Hall–Kier alpha value is -1.50. The average molecular weight is 501 g/mol. The van der Waals surface area contributed by atoms with Gasteiger partial charge in [0.15, 0.2) is 0 Å². The summed E-state index contributed by atoms with van der Waals surface area (Å²) in [5.41, 5.74) is 9.54. The summed E-state index contributed by atoms with van der Waals surface area (Å²) in [4.78, 5) is 12.4. The van der Waals surface area contributed by atoms with E-state index in [0.717, 1.165) is 55.1 Å². The first-order chi connectivity index (χ1) is 16.9. The Morgan fingerprint density at radius 1 is 1.03 bits per heavy atom. The molecule has 0 spiro atoms. The molecule has 2 fully saturated rings. The van der Waals surface area contributed by atoms with Crippen LogP contribution in [0.1, 0.15) is 102 Å². The van der Waals surface area contributed by atoms with Crippen molar-refractivity contribution in [3.05, 3.63) is 28.9 Å². The molecule has 6 nitrogen and oxygen atoms in total. The van der Waals surface area contributed by atoms with E-state index in [0.29, 0.717) is 11.1 Å². The molecule has 0 saturated heterocycles. The SMILES string of the molecule is CCCCCN(CCCCC)C1CCC(N)(c2ncc(Cl)c(-c3cnn(C)c3CC3CC3)n2)CC1. The third kappa shape index (κ3) is 6.64. The minimum absolute atomic E-state index is 0.493. The Morgan fingerprint density at radius 2 is 1.69 bits per heavy atom. The molecular weight excluding hydrogens is 456 g/mol. The highest BCUT2D eigenvalue weighted by Gasteiger charge is 2.38. The van der Waals surface area contributed by atoms with E-state index in [1.165, 1.54) is 70.2 Å². The molecule has 4 rings (SSSR count). The fourth-order valence-corrected chi connectivity index (χ4v) is 5.80. The van der Waals surface area contributed by atoms with E-state index in [2.05, 4.69) is 28.8 Å². The van der Waals surface area contributed by atoms with Crippen molar-refractivity contribution in [3.63, 3.8) is 0 Å². The number of aryl methyl sites for hydroxylation is 1. The minimum atomic E-state index is -0.493. The summed E-state index contributed by atoms with van der Waals surface area (Å²) in [6, 6.07) is 0.621. The van der Waals surface area contributed by atoms with Gasteiger partial charge in [0.1, 0.15) is 5.82 Å². The summed E-state index contributed by atoms with van der Waals surface area (Å²) in [5, 5.41) is 5.10. The van der Waals surface area contributed by atoms with Crippen molar-refractivity contribution in [1.29, 1.82) is 0 Å². The first kappa shape index (κ1) is 26.6. The number of unbranched alkanes of at least 4 members (excludes halogenated alkanes) is 4. The van der Waals surface area contributed by atoms with Gasteiger partial charge in [0.05, 0.1) is 22.5 Å². The van der Waals surface area contributed by atoms with Gasteiger partial charge in [-0.05, 0) is 76.8 Å². The number of hydrogen-bond acceptors (Lipinski definition) is 5. The standard InChI is InChI=1S/C28H45ClN6/c1-4-6-8-16-35(17-9-7-5-2)22-12-14-28(30,15-13-22)27-31-20-24(29)26(33-27)23-19-32-34(3)25(23)18-21-10-11-21/h19-22H,4-18,30H2,1-3H3. The number of aromatic nitrogens is 4. The van der Waals surface area contributed by atoms with Gasteiger partial charge >= 0.3 is 0 Å². The number of hydrogen-bond donors (Lipinski definition) is 1. The van der Waals surface area contributed by atoms with Crippen molar-refractivity contribution in [2.45, 2.75) is 109 Å². The second-order valence-corrected chi connectivity index (χ2v) is 11.4. The van der Waals surface area contributed by atoms with Crippen LogP contribution in [0.4, 0.5) is 0 Å². The Labute approximate surface area is 217 Å². The number of rotatable bonds is 13. The zero-order valence-corrected chi connectivity index (χ0v) is 22.9. The zero-order valence-electron chi connectivity index (χ0n) is 22.1. The summed E-state index contributed by atoms with van der Waals surface area (Å²) in [5.74, 6) is 1.50. The summed E-state index contributed by atoms with van der Waals surface area (Å²) < 4.78 is 1.97. The molecule has 2 aliphatic rings. The minimum Gasteiger partial charge on any atom is -0.319 e.